The number of benzene rings is 2. The van der Waals surface area contributed by atoms with E-state index >= 15 is 0 Å². The zero-order chi connectivity index (χ0) is 17.4. The molecule has 2 aromatic rings. The molecule has 2 amide bonds. The van der Waals surface area contributed by atoms with Crippen LogP contribution in [0, 0.1) is 5.92 Å². The van der Waals surface area contributed by atoms with Gasteiger partial charge in [0.15, 0.2) is 0 Å². The van der Waals surface area contributed by atoms with Gasteiger partial charge in [0.2, 0.25) is 11.8 Å². The van der Waals surface area contributed by atoms with Gasteiger partial charge in [-0.2, -0.15) is 0 Å². The lowest BCUT2D eigenvalue weighted by Gasteiger charge is -2.20. The summed E-state index contributed by atoms with van der Waals surface area (Å²) in [6.45, 7) is 0.706. The van der Waals surface area contributed by atoms with Crippen molar-refractivity contribution in [1.82, 2.24) is 0 Å². The molecule has 0 radical (unpaired) electrons. The summed E-state index contributed by atoms with van der Waals surface area (Å²) >= 11 is 6.24. The molecule has 0 aromatic heterocycles. The number of hydrogen-bond acceptors (Lipinski definition) is 2. The van der Waals surface area contributed by atoms with E-state index in [0.29, 0.717) is 23.7 Å². The van der Waals surface area contributed by atoms with E-state index in [-0.39, 0.29) is 23.7 Å². The largest absolute Gasteiger partial charge is 0.324 e. The molecule has 2 atom stereocenters. The van der Waals surface area contributed by atoms with Crippen LogP contribution in [0.3, 0.4) is 0 Å². The van der Waals surface area contributed by atoms with Gasteiger partial charge in [0.1, 0.15) is 0 Å². The van der Waals surface area contributed by atoms with Gasteiger partial charge in [-0.3, -0.25) is 9.59 Å². The highest BCUT2D eigenvalue weighted by Gasteiger charge is 2.45. The summed E-state index contributed by atoms with van der Waals surface area (Å²) in [5.41, 5.74) is 2.52. The van der Waals surface area contributed by atoms with E-state index in [4.69, 9.17) is 11.6 Å². The summed E-state index contributed by atoms with van der Waals surface area (Å²) in [7, 11) is 0. The lowest BCUT2D eigenvalue weighted by molar-refractivity contribution is -0.118. The molecule has 2 aromatic carbocycles. The van der Waals surface area contributed by atoms with Gasteiger partial charge < -0.3 is 10.2 Å². The van der Waals surface area contributed by atoms with E-state index in [1.165, 1.54) is 0 Å². The average Bonchev–Trinajstić information content (AvgIpc) is 3.30. The minimum absolute atomic E-state index is 0.0102. The molecular weight excluding hydrogens is 336 g/mol. The van der Waals surface area contributed by atoms with Crippen LogP contribution in [0.5, 0.6) is 0 Å². The van der Waals surface area contributed by atoms with Gasteiger partial charge in [0.05, 0.1) is 11.4 Å². The van der Waals surface area contributed by atoms with Crippen molar-refractivity contribution in [2.75, 3.05) is 16.8 Å². The van der Waals surface area contributed by atoms with Crippen molar-refractivity contribution in [3.63, 3.8) is 0 Å². The third-order valence-electron chi connectivity index (χ3n) is 4.96. The van der Waals surface area contributed by atoms with Crippen molar-refractivity contribution in [1.29, 1.82) is 0 Å². The van der Waals surface area contributed by atoms with Crippen LogP contribution in [-0.2, 0) is 9.59 Å². The van der Waals surface area contributed by atoms with Gasteiger partial charge in [-0.05, 0) is 42.5 Å². The van der Waals surface area contributed by atoms with Crippen molar-refractivity contribution in [3.8, 4) is 0 Å². The average molecular weight is 355 g/mol. The molecule has 5 heteroatoms. The first-order chi connectivity index (χ1) is 12.1. The Kier molecular flexibility index (Phi) is 4.22. The molecule has 1 N–H and O–H groups in total. The van der Waals surface area contributed by atoms with E-state index in [1.54, 1.807) is 4.90 Å². The molecule has 128 valence electrons. The number of anilines is 2. The summed E-state index contributed by atoms with van der Waals surface area (Å²) < 4.78 is 0. The van der Waals surface area contributed by atoms with Crippen LogP contribution in [0.25, 0.3) is 0 Å². The fraction of sp³-hybridized carbons (Fsp3) is 0.300. The van der Waals surface area contributed by atoms with Crippen LogP contribution in [0.15, 0.2) is 48.5 Å². The second-order valence-electron chi connectivity index (χ2n) is 6.63. The first-order valence-corrected chi connectivity index (χ1v) is 8.97. The Hall–Kier alpha value is -2.33. The summed E-state index contributed by atoms with van der Waals surface area (Å²) in [6, 6.07) is 15.2. The Morgan fingerprint density at radius 1 is 1.12 bits per heavy atom. The van der Waals surface area contributed by atoms with Crippen molar-refractivity contribution >= 4 is 34.8 Å². The fourth-order valence-electron chi connectivity index (χ4n) is 3.55. The van der Waals surface area contributed by atoms with Crippen LogP contribution >= 0.6 is 11.6 Å². The molecule has 4 nitrogen and oxygen atoms in total. The lowest BCUT2D eigenvalue weighted by Crippen LogP contribution is -2.26. The Morgan fingerprint density at radius 2 is 1.88 bits per heavy atom. The first kappa shape index (κ1) is 16.2. The zero-order valence-corrected chi connectivity index (χ0v) is 14.5. The smallest absolute Gasteiger partial charge is 0.228 e. The standard InChI is InChI=1S/C20H19ClN2O2/c21-16-7-2-1-6-13(16)14-12-15(14)20(25)22-17-8-3-4-9-18(17)23-11-5-10-19(23)24/h1-4,6-9,14-15H,5,10-12H2,(H,22,25). The molecule has 2 unspecified atom stereocenters. The first-order valence-electron chi connectivity index (χ1n) is 8.60. The van der Waals surface area contributed by atoms with E-state index < -0.39 is 0 Å². The van der Waals surface area contributed by atoms with Crippen molar-refractivity contribution < 1.29 is 9.59 Å². The molecule has 1 heterocycles. The van der Waals surface area contributed by atoms with E-state index in [0.717, 1.165) is 24.1 Å². The SMILES string of the molecule is O=C(Nc1ccccc1N1CCCC1=O)C1CC1c1ccccc1Cl. The zero-order valence-electron chi connectivity index (χ0n) is 13.7. The molecule has 25 heavy (non-hydrogen) atoms. The highest BCUT2D eigenvalue weighted by Crippen LogP contribution is 2.50. The van der Waals surface area contributed by atoms with E-state index in [1.807, 2.05) is 48.5 Å². The number of carbonyl (C=O) groups excluding carboxylic acids is 2. The third-order valence-corrected chi connectivity index (χ3v) is 5.30. The second kappa shape index (κ2) is 6.52. The molecular formula is C20H19ClN2O2. The third kappa shape index (κ3) is 3.14. The highest BCUT2D eigenvalue weighted by atomic mass is 35.5. The molecule has 1 aliphatic carbocycles. The number of para-hydroxylation sites is 2. The van der Waals surface area contributed by atoms with Crippen molar-refractivity contribution in [2.45, 2.75) is 25.2 Å². The molecule has 1 aliphatic heterocycles. The van der Waals surface area contributed by atoms with Gasteiger partial charge in [-0.25, -0.2) is 0 Å². The van der Waals surface area contributed by atoms with Crippen molar-refractivity contribution in [3.05, 3.63) is 59.1 Å². The van der Waals surface area contributed by atoms with Crippen LogP contribution in [0.4, 0.5) is 11.4 Å². The number of nitrogens with one attached hydrogen (secondary N) is 1. The Bertz CT molecular complexity index is 836. The van der Waals surface area contributed by atoms with Gasteiger partial charge in [0.25, 0.3) is 0 Å². The normalized spacial score (nSPS) is 22.1. The maximum Gasteiger partial charge on any atom is 0.228 e. The number of amides is 2. The second-order valence-corrected chi connectivity index (χ2v) is 7.03. The maximum absolute atomic E-state index is 12.7. The van der Waals surface area contributed by atoms with Gasteiger partial charge in [-0.1, -0.05) is 41.9 Å². The summed E-state index contributed by atoms with van der Waals surface area (Å²) in [5, 5.41) is 3.73. The summed E-state index contributed by atoms with van der Waals surface area (Å²) in [6.07, 6.45) is 2.23. The van der Waals surface area contributed by atoms with Gasteiger partial charge in [-0.15, -0.1) is 0 Å². The molecule has 0 bridgehead atoms. The monoisotopic (exact) mass is 354 g/mol. The summed E-state index contributed by atoms with van der Waals surface area (Å²) in [5.74, 6) is 0.211. The van der Waals surface area contributed by atoms with E-state index in [2.05, 4.69) is 5.32 Å². The van der Waals surface area contributed by atoms with E-state index in [9.17, 15) is 9.59 Å². The molecule has 0 spiro atoms. The number of hydrogen-bond donors (Lipinski definition) is 1. The summed E-state index contributed by atoms with van der Waals surface area (Å²) in [4.78, 5) is 26.5. The number of halogens is 1. The van der Waals surface area contributed by atoms with Gasteiger partial charge >= 0.3 is 0 Å². The number of rotatable bonds is 4. The van der Waals surface area contributed by atoms with Crippen LogP contribution in [0.2, 0.25) is 5.02 Å². The predicted octanol–water partition coefficient (Wildman–Crippen LogP) is 4.21. The van der Waals surface area contributed by atoms with Crippen LogP contribution < -0.4 is 10.2 Å². The molecule has 4 rings (SSSR count). The van der Waals surface area contributed by atoms with Crippen LogP contribution in [-0.4, -0.2) is 18.4 Å². The Balaban J connectivity index is 1.49. The van der Waals surface area contributed by atoms with Crippen LogP contribution in [0.1, 0.15) is 30.7 Å². The molecule has 2 aliphatic rings. The van der Waals surface area contributed by atoms with Crippen molar-refractivity contribution in [2.24, 2.45) is 5.92 Å². The quantitative estimate of drug-likeness (QED) is 0.894. The molecule has 1 saturated carbocycles. The lowest BCUT2D eigenvalue weighted by atomic mass is 10.1. The Morgan fingerprint density at radius 3 is 2.64 bits per heavy atom. The number of nitrogens with zero attached hydrogens (tertiary/aromatic N) is 1. The molecule has 2 fully saturated rings. The highest BCUT2D eigenvalue weighted by molar-refractivity contribution is 6.31. The predicted molar refractivity (Wildman–Crippen MR) is 99.0 cm³/mol. The Labute approximate surface area is 151 Å². The topological polar surface area (TPSA) is 49.4 Å². The van der Waals surface area contributed by atoms with Gasteiger partial charge in [0, 0.05) is 23.9 Å². The minimum atomic E-state index is -0.0674. The molecule has 1 saturated heterocycles. The maximum atomic E-state index is 12.7. The minimum Gasteiger partial charge on any atom is -0.324 e. The number of carbonyl (C=O) groups is 2. The fourth-order valence-corrected chi connectivity index (χ4v) is 3.82.